The lowest BCUT2D eigenvalue weighted by molar-refractivity contribution is -0.922. The minimum absolute atomic E-state index is 0.505. The molecule has 0 saturated carbocycles. The molecule has 0 aliphatic heterocycles. The van der Waals surface area contributed by atoms with Crippen LogP contribution in [0.15, 0.2) is 0 Å². The zero-order chi connectivity index (χ0) is 12.0. The smallest absolute Gasteiger partial charge is 0.326 e. The summed E-state index contributed by atoms with van der Waals surface area (Å²) in [4.78, 5) is 18.7. The van der Waals surface area contributed by atoms with Gasteiger partial charge in [0.05, 0.1) is 21.1 Å². The summed E-state index contributed by atoms with van der Waals surface area (Å²) in [5.74, 6) is 0. The van der Waals surface area contributed by atoms with Gasteiger partial charge in [0, 0.05) is 0 Å². The van der Waals surface area contributed by atoms with Crippen molar-refractivity contribution in [2.75, 3.05) is 21.1 Å². The summed E-state index contributed by atoms with van der Waals surface area (Å²) >= 11 is 0. The predicted octanol–water partition coefficient (Wildman–Crippen LogP) is 1.43. The Bertz CT molecular complexity index is 260. The van der Waals surface area contributed by atoms with Crippen LogP contribution in [0, 0.1) is 0 Å². The molecular weight excluding hydrogens is 201 g/mol. The summed E-state index contributed by atoms with van der Waals surface area (Å²) in [6.07, 6.45) is 0. The monoisotopic (exact) mass is 224 g/mol. The number of nitrogens with zero attached hydrogens (tertiary/aromatic N) is 1. The van der Waals surface area contributed by atoms with Crippen LogP contribution in [0.25, 0.3) is 0 Å². The van der Waals surface area contributed by atoms with Crippen molar-refractivity contribution < 1.29 is 18.8 Å². The molecule has 2 N–H and O–H groups in total. The van der Waals surface area contributed by atoms with Crippen molar-refractivity contribution in [2.45, 2.75) is 38.4 Å². The number of hydrogen-bond acceptors (Lipinski definition) is 1. The Labute approximate surface area is 86.7 Å². The van der Waals surface area contributed by atoms with Gasteiger partial charge >= 0.3 is 7.60 Å². The topological polar surface area (TPSA) is 57.5 Å². The first-order chi connectivity index (χ1) is 5.75. The molecule has 5 heteroatoms. The number of quaternary nitrogens is 1. The molecule has 0 saturated heterocycles. The van der Waals surface area contributed by atoms with E-state index in [-0.39, 0.29) is 0 Å². The molecule has 86 valence electrons. The highest BCUT2D eigenvalue weighted by Gasteiger charge is 2.57. The van der Waals surface area contributed by atoms with Crippen molar-refractivity contribution in [3.63, 3.8) is 0 Å². The zero-order valence-corrected chi connectivity index (χ0v) is 11.1. The molecule has 0 heterocycles. The van der Waals surface area contributed by atoms with Crippen LogP contribution in [-0.4, -0.2) is 46.1 Å². The third-order valence-corrected chi connectivity index (χ3v) is 5.91. The molecule has 0 atom stereocenters. The Morgan fingerprint density at radius 1 is 1.00 bits per heavy atom. The lowest BCUT2D eigenvalue weighted by Crippen LogP contribution is -2.63. The van der Waals surface area contributed by atoms with E-state index in [0.29, 0.717) is 4.48 Å². The van der Waals surface area contributed by atoms with Crippen LogP contribution in [0.2, 0.25) is 0 Å². The first-order valence-electron chi connectivity index (χ1n) is 4.62. The van der Waals surface area contributed by atoms with E-state index in [0.717, 1.165) is 0 Å². The van der Waals surface area contributed by atoms with Crippen molar-refractivity contribution in [1.29, 1.82) is 0 Å². The minimum atomic E-state index is -4.10. The van der Waals surface area contributed by atoms with E-state index in [1.807, 2.05) is 35.0 Å². The fourth-order valence-corrected chi connectivity index (χ4v) is 2.19. The second-order valence-corrected chi connectivity index (χ2v) is 7.88. The fourth-order valence-electron chi connectivity index (χ4n) is 1.18. The summed E-state index contributed by atoms with van der Waals surface area (Å²) < 4.78 is 11.9. The molecule has 0 amide bonds. The van der Waals surface area contributed by atoms with Gasteiger partial charge in [-0.3, -0.25) is 4.57 Å². The molecule has 0 aromatic heterocycles. The van der Waals surface area contributed by atoms with E-state index in [1.54, 1.807) is 13.8 Å². The highest BCUT2D eigenvalue weighted by molar-refractivity contribution is 7.53. The van der Waals surface area contributed by atoms with Gasteiger partial charge < -0.3 is 14.3 Å². The molecular formula is C9H23NO3P+. The van der Waals surface area contributed by atoms with Crippen LogP contribution in [-0.2, 0) is 4.57 Å². The van der Waals surface area contributed by atoms with Crippen molar-refractivity contribution >= 4 is 7.60 Å². The van der Waals surface area contributed by atoms with Gasteiger partial charge in [0.15, 0.2) is 0 Å². The molecule has 0 radical (unpaired) electrons. The van der Waals surface area contributed by atoms with Crippen LogP contribution in [0.1, 0.15) is 27.7 Å². The maximum atomic E-state index is 11.4. The van der Waals surface area contributed by atoms with E-state index in [1.165, 1.54) is 0 Å². The van der Waals surface area contributed by atoms with E-state index >= 15 is 0 Å². The van der Waals surface area contributed by atoms with Gasteiger partial charge in [-0.15, -0.1) is 0 Å². The maximum Gasteiger partial charge on any atom is 0.337 e. The first kappa shape index (κ1) is 14.1. The van der Waals surface area contributed by atoms with E-state index in [2.05, 4.69) is 0 Å². The number of hydrogen-bond donors (Lipinski definition) is 2. The average molecular weight is 224 g/mol. The van der Waals surface area contributed by atoms with Crippen molar-refractivity contribution in [2.24, 2.45) is 0 Å². The van der Waals surface area contributed by atoms with Crippen LogP contribution in [0.3, 0.4) is 0 Å². The SMILES string of the molecule is CC(C)(C(C)(C)P(=O)(O)O)[N+](C)(C)C. The quantitative estimate of drug-likeness (QED) is 0.563. The lowest BCUT2D eigenvalue weighted by atomic mass is 9.86. The minimum Gasteiger partial charge on any atom is -0.326 e. The van der Waals surface area contributed by atoms with Gasteiger partial charge in [0.1, 0.15) is 10.7 Å². The molecule has 0 spiro atoms. The average Bonchev–Trinajstić information content (AvgIpc) is 1.81. The maximum absolute atomic E-state index is 11.4. The summed E-state index contributed by atoms with van der Waals surface area (Å²) in [6.45, 7) is 7.01. The highest BCUT2D eigenvalue weighted by Crippen LogP contribution is 2.57. The molecule has 0 bridgehead atoms. The van der Waals surface area contributed by atoms with Gasteiger partial charge in [-0.25, -0.2) is 0 Å². The molecule has 0 aromatic carbocycles. The van der Waals surface area contributed by atoms with Crippen LogP contribution < -0.4 is 0 Å². The Morgan fingerprint density at radius 2 is 1.29 bits per heavy atom. The van der Waals surface area contributed by atoms with Crippen LogP contribution in [0.4, 0.5) is 0 Å². The summed E-state index contributed by atoms with van der Waals surface area (Å²) in [5.41, 5.74) is -0.508. The molecule has 0 unspecified atom stereocenters. The third-order valence-electron chi connectivity index (χ3n) is 3.90. The van der Waals surface area contributed by atoms with Crippen molar-refractivity contribution in [3.05, 3.63) is 0 Å². The Kier molecular flexibility index (Phi) is 3.33. The second kappa shape index (κ2) is 3.31. The molecule has 0 rings (SSSR count). The largest absolute Gasteiger partial charge is 0.337 e. The number of rotatable bonds is 3. The fraction of sp³-hybridized carbons (Fsp3) is 1.00. The van der Waals surface area contributed by atoms with Crippen LogP contribution >= 0.6 is 7.60 Å². The van der Waals surface area contributed by atoms with E-state index in [9.17, 15) is 14.4 Å². The van der Waals surface area contributed by atoms with Gasteiger partial charge in [-0.2, -0.15) is 0 Å². The van der Waals surface area contributed by atoms with Gasteiger partial charge in [0.2, 0.25) is 0 Å². The van der Waals surface area contributed by atoms with Crippen molar-refractivity contribution in [3.8, 4) is 0 Å². The lowest BCUT2D eigenvalue weighted by Gasteiger charge is -2.50. The van der Waals surface area contributed by atoms with Gasteiger partial charge in [0.25, 0.3) is 0 Å². The second-order valence-electron chi connectivity index (χ2n) is 5.67. The zero-order valence-electron chi connectivity index (χ0n) is 10.2. The van der Waals surface area contributed by atoms with Crippen molar-refractivity contribution in [1.82, 2.24) is 0 Å². The predicted molar refractivity (Wildman–Crippen MR) is 58.2 cm³/mol. The normalized spacial score (nSPS) is 15.8. The molecule has 14 heavy (non-hydrogen) atoms. The summed E-state index contributed by atoms with van der Waals surface area (Å²) in [7, 11) is 1.72. The Hall–Kier alpha value is 0.110. The van der Waals surface area contributed by atoms with E-state index < -0.39 is 18.3 Å². The van der Waals surface area contributed by atoms with Gasteiger partial charge in [-0.05, 0) is 27.7 Å². The first-order valence-corrected chi connectivity index (χ1v) is 6.23. The molecule has 0 aliphatic carbocycles. The molecule has 4 nitrogen and oxygen atoms in total. The molecule has 0 aliphatic rings. The molecule has 0 fully saturated rings. The Morgan fingerprint density at radius 3 is 1.36 bits per heavy atom. The summed E-state index contributed by atoms with van der Waals surface area (Å²) in [5, 5.41) is -1.04. The Balaban J connectivity index is 5.42. The molecule has 0 aromatic rings. The standard InChI is InChI=1S/C9H22NO3P/c1-8(2,10(5,6)7)9(3,4)14(11,12)13/h1-7H3,(H-,11,12,13)/p+1. The third kappa shape index (κ3) is 2.03. The van der Waals surface area contributed by atoms with Crippen LogP contribution in [0.5, 0.6) is 0 Å². The van der Waals surface area contributed by atoms with Gasteiger partial charge in [-0.1, -0.05) is 0 Å². The summed E-state index contributed by atoms with van der Waals surface area (Å²) in [6, 6.07) is 0. The highest BCUT2D eigenvalue weighted by atomic mass is 31.2. The van der Waals surface area contributed by atoms with E-state index in [4.69, 9.17) is 0 Å².